The normalized spacial score (nSPS) is 23.9. The van der Waals surface area contributed by atoms with Crippen molar-refractivity contribution >= 4 is 23.9 Å². The quantitative estimate of drug-likeness (QED) is 0.162. The third-order valence-electron chi connectivity index (χ3n) is 5.99. The zero-order valence-corrected chi connectivity index (χ0v) is 22.5. The lowest BCUT2D eigenvalue weighted by atomic mass is 9.89. The van der Waals surface area contributed by atoms with Crippen LogP contribution < -0.4 is 0 Å². The number of terminal acetylenes is 1. The molecular weight excluding hydrogens is 496 g/mol. The van der Waals surface area contributed by atoms with Gasteiger partial charge in [0, 0.05) is 27.2 Å². The molecule has 0 N–H and O–H groups in total. The van der Waals surface area contributed by atoms with Crippen LogP contribution >= 0.6 is 0 Å². The fourth-order valence-electron chi connectivity index (χ4n) is 4.35. The molecule has 0 saturated carbocycles. The number of carbonyl (C=O) groups is 4. The molecule has 2 unspecified atom stereocenters. The molecule has 1 heterocycles. The molecule has 38 heavy (non-hydrogen) atoms. The fourth-order valence-corrected chi connectivity index (χ4v) is 4.35. The minimum absolute atomic E-state index is 0.109. The predicted octanol–water partition coefficient (Wildman–Crippen LogP) is 2.55. The van der Waals surface area contributed by atoms with Gasteiger partial charge in [-0.15, -0.1) is 6.42 Å². The maximum atomic E-state index is 13.0. The van der Waals surface area contributed by atoms with Gasteiger partial charge < -0.3 is 28.4 Å². The summed E-state index contributed by atoms with van der Waals surface area (Å²) in [6, 6.07) is 9.25. The van der Waals surface area contributed by atoms with Crippen LogP contribution in [0.4, 0.5) is 0 Å². The Morgan fingerprint density at radius 2 is 1.74 bits per heavy atom. The second kappa shape index (κ2) is 13.9. The second-order valence-corrected chi connectivity index (χ2v) is 9.13. The van der Waals surface area contributed by atoms with E-state index in [4.69, 9.17) is 34.8 Å². The topological polar surface area (TPSA) is 124 Å². The summed E-state index contributed by atoms with van der Waals surface area (Å²) >= 11 is 0. The highest BCUT2D eigenvalue weighted by atomic mass is 16.7. The Hall–Kier alpha value is -3.42. The van der Waals surface area contributed by atoms with Crippen LogP contribution in [0.25, 0.3) is 0 Å². The van der Waals surface area contributed by atoms with Crippen LogP contribution in [-0.2, 0) is 54.0 Å². The van der Waals surface area contributed by atoms with E-state index in [1.807, 2.05) is 30.3 Å². The fraction of sp³-hybridized carbons (Fsp3) is 0.571. The van der Waals surface area contributed by atoms with Crippen LogP contribution in [0.5, 0.6) is 0 Å². The average Bonchev–Trinajstić information content (AvgIpc) is 3.12. The lowest BCUT2D eigenvalue weighted by Gasteiger charge is -2.34. The number of benzene rings is 1. The highest BCUT2D eigenvalue weighted by Gasteiger charge is 2.61. The molecule has 10 nitrogen and oxygen atoms in total. The van der Waals surface area contributed by atoms with E-state index < -0.39 is 53.4 Å². The van der Waals surface area contributed by atoms with E-state index in [1.165, 1.54) is 20.8 Å². The first kappa shape index (κ1) is 30.8. The SMILES string of the molecule is C#C[C@@]1(OC(C)=O)[C@@H](COC(C)(Cc2ccccc2)C(=O)OCC)OC(CCCOC(C)=O)[C@@H]1OC(C)=O. The first-order valence-electron chi connectivity index (χ1n) is 12.5. The van der Waals surface area contributed by atoms with E-state index in [2.05, 4.69) is 5.92 Å². The number of hydrogen-bond donors (Lipinski definition) is 0. The lowest BCUT2D eigenvalue weighted by Crippen LogP contribution is -2.54. The van der Waals surface area contributed by atoms with Crippen molar-refractivity contribution in [1.29, 1.82) is 0 Å². The summed E-state index contributed by atoms with van der Waals surface area (Å²) in [6.07, 6.45) is 3.65. The Bertz CT molecular complexity index is 1020. The monoisotopic (exact) mass is 532 g/mol. The average molecular weight is 533 g/mol. The highest BCUT2D eigenvalue weighted by Crippen LogP contribution is 2.39. The zero-order valence-electron chi connectivity index (χ0n) is 22.5. The smallest absolute Gasteiger partial charge is 0.338 e. The van der Waals surface area contributed by atoms with Crippen molar-refractivity contribution < 1.29 is 47.6 Å². The molecule has 1 fully saturated rings. The van der Waals surface area contributed by atoms with E-state index in [0.717, 1.165) is 5.56 Å². The van der Waals surface area contributed by atoms with Gasteiger partial charge in [-0.2, -0.15) is 0 Å². The van der Waals surface area contributed by atoms with Gasteiger partial charge in [0.1, 0.15) is 12.2 Å². The number of rotatable bonds is 13. The van der Waals surface area contributed by atoms with Gasteiger partial charge in [-0.05, 0) is 32.3 Å². The van der Waals surface area contributed by atoms with Crippen LogP contribution in [-0.4, -0.2) is 73.2 Å². The van der Waals surface area contributed by atoms with Crippen molar-refractivity contribution in [3.63, 3.8) is 0 Å². The summed E-state index contributed by atoms with van der Waals surface area (Å²) in [6.45, 7) is 6.93. The van der Waals surface area contributed by atoms with Crippen LogP contribution in [0, 0.1) is 12.3 Å². The van der Waals surface area contributed by atoms with Gasteiger partial charge in [-0.3, -0.25) is 14.4 Å². The summed E-state index contributed by atoms with van der Waals surface area (Å²) in [5, 5.41) is 0. The van der Waals surface area contributed by atoms with Gasteiger partial charge in [0.15, 0.2) is 11.7 Å². The minimum atomic E-state index is -1.83. The molecule has 0 bridgehead atoms. The van der Waals surface area contributed by atoms with Gasteiger partial charge >= 0.3 is 23.9 Å². The van der Waals surface area contributed by atoms with Crippen molar-refractivity contribution in [2.45, 2.75) is 83.4 Å². The van der Waals surface area contributed by atoms with Crippen molar-refractivity contribution in [1.82, 2.24) is 0 Å². The Kier molecular flexibility index (Phi) is 11.3. The zero-order chi connectivity index (χ0) is 28.3. The summed E-state index contributed by atoms with van der Waals surface area (Å²) < 4.78 is 33.6. The number of hydrogen-bond acceptors (Lipinski definition) is 10. The molecule has 1 aromatic rings. The molecule has 0 amide bonds. The second-order valence-electron chi connectivity index (χ2n) is 9.13. The highest BCUT2D eigenvalue weighted by molar-refractivity contribution is 5.79. The molecule has 1 aliphatic rings. The van der Waals surface area contributed by atoms with Gasteiger partial charge in [-0.25, -0.2) is 4.79 Å². The maximum Gasteiger partial charge on any atom is 0.338 e. The summed E-state index contributed by atoms with van der Waals surface area (Å²) in [4.78, 5) is 48.2. The van der Waals surface area contributed by atoms with Gasteiger partial charge in [0.05, 0.1) is 19.8 Å². The Labute approximate surface area is 223 Å². The molecule has 0 radical (unpaired) electrons. The lowest BCUT2D eigenvalue weighted by molar-refractivity contribution is -0.185. The van der Waals surface area contributed by atoms with E-state index >= 15 is 0 Å². The van der Waals surface area contributed by atoms with Gasteiger partial charge in [0.2, 0.25) is 5.60 Å². The third-order valence-corrected chi connectivity index (χ3v) is 5.99. The number of carbonyl (C=O) groups excluding carboxylic acids is 4. The molecule has 208 valence electrons. The summed E-state index contributed by atoms with van der Waals surface area (Å²) in [5.74, 6) is 0.0719. The molecule has 0 spiro atoms. The Balaban J connectivity index is 2.37. The van der Waals surface area contributed by atoms with Gasteiger partial charge in [-0.1, -0.05) is 36.3 Å². The molecule has 2 rings (SSSR count). The van der Waals surface area contributed by atoms with E-state index in [-0.39, 0.29) is 32.7 Å². The largest absolute Gasteiger partial charge is 0.466 e. The molecule has 1 aliphatic heterocycles. The standard InChI is InChI=1S/C28H36O10/c1-7-28(38-21(5)31)24(37-23(25(28)36-20(4)30)15-12-16-34-19(3)29)18-35-27(6,26(32)33-8-2)17-22-13-10-9-11-14-22/h1,9-11,13-14,23-25H,8,12,15-18H2,2-6H3/t23?,24-,25+,27?,28-/m1/s1. The molecule has 10 heteroatoms. The number of esters is 4. The van der Waals surface area contributed by atoms with Crippen molar-refractivity contribution in [2.75, 3.05) is 19.8 Å². The van der Waals surface area contributed by atoms with Crippen LogP contribution in [0.15, 0.2) is 30.3 Å². The molecule has 0 aromatic heterocycles. The Morgan fingerprint density at radius 1 is 1.05 bits per heavy atom. The Morgan fingerprint density at radius 3 is 2.29 bits per heavy atom. The molecule has 1 saturated heterocycles. The van der Waals surface area contributed by atoms with Crippen LogP contribution in [0.3, 0.4) is 0 Å². The van der Waals surface area contributed by atoms with Gasteiger partial charge in [0.25, 0.3) is 0 Å². The van der Waals surface area contributed by atoms with E-state index in [1.54, 1.807) is 13.8 Å². The molecule has 5 atom stereocenters. The third kappa shape index (κ3) is 8.04. The van der Waals surface area contributed by atoms with E-state index in [0.29, 0.717) is 6.42 Å². The predicted molar refractivity (Wildman–Crippen MR) is 135 cm³/mol. The first-order chi connectivity index (χ1) is 18.0. The van der Waals surface area contributed by atoms with Crippen molar-refractivity contribution in [3.05, 3.63) is 35.9 Å². The first-order valence-corrected chi connectivity index (χ1v) is 12.5. The van der Waals surface area contributed by atoms with E-state index in [9.17, 15) is 19.2 Å². The molecule has 1 aromatic carbocycles. The summed E-state index contributed by atoms with van der Waals surface area (Å²) in [7, 11) is 0. The van der Waals surface area contributed by atoms with Crippen molar-refractivity contribution in [3.8, 4) is 12.3 Å². The van der Waals surface area contributed by atoms with Crippen molar-refractivity contribution in [2.24, 2.45) is 0 Å². The number of ether oxygens (including phenoxy) is 6. The minimum Gasteiger partial charge on any atom is -0.466 e. The molecule has 0 aliphatic carbocycles. The van der Waals surface area contributed by atoms with Crippen LogP contribution in [0.2, 0.25) is 0 Å². The summed E-state index contributed by atoms with van der Waals surface area (Å²) in [5.41, 5.74) is -2.42. The molecular formula is C28H36O10. The maximum absolute atomic E-state index is 13.0. The van der Waals surface area contributed by atoms with Crippen LogP contribution in [0.1, 0.15) is 53.0 Å².